The standard InChI is InChI=1S/C53H55N15O7S4/c1-8-67(9-2)36-23-25-41(63-65-51-54-31-38(77-51)29-39(32(6)69)46(71)55-34-19-15-13-16-20-34)43(27-36)57-49-60-50(62-52(61-49)76-12-5)58-44-28-37(68(10-3)11-4)24-26-42(44)64-66-53-59-48(79(73,74)75)45(78-53)30-40(33(7)70)47(72)56-35-21-17-14-18-22-35/h13-31H,8-12H2,1-7H3,(H,55,71)(H,56,72)(H,73,74,75)(H2,57,58,60,61,62)/b39-29+,40-30-,65-63+,66-64+. The Balaban J connectivity index is 1.22. The molecule has 0 unspecified atom stereocenters. The summed E-state index contributed by atoms with van der Waals surface area (Å²) in [6.07, 6.45) is 4.01. The first-order valence-electron chi connectivity index (χ1n) is 24.6. The van der Waals surface area contributed by atoms with Crippen LogP contribution in [0.2, 0.25) is 0 Å². The molecule has 0 aliphatic carbocycles. The number of rotatable bonds is 25. The van der Waals surface area contributed by atoms with Crippen LogP contribution in [0.4, 0.5) is 67.7 Å². The minimum atomic E-state index is -4.98. The number of benzene rings is 4. The molecule has 0 radical (unpaired) electrons. The maximum atomic E-state index is 13.2. The highest BCUT2D eigenvalue weighted by atomic mass is 32.2. The largest absolute Gasteiger partial charge is 0.372 e. The van der Waals surface area contributed by atoms with Crippen LogP contribution < -0.4 is 31.1 Å². The first-order valence-corrected chi connectivity index (χ1v) is 28.7. The zero-order valence-electron chi connectivity index (χ0n) is 44.0. The normalized spacial score (nSPS) is 11.9. The number of nitrogens with one attached hydrogen (secondary N) is 4. The number of Topliss-reactive ketones (excluding diaryl/α,β-unsaturated/α-hetero) is 2. The predicted octanol–water partition coefficient (Wildman–Crippen LogP) is 12.4. The van der Waals surface area contributed by atoms with Gasteiger partial charge in [-0.2, -0.15) is 23.4 Å². The Hall–Kier alpha value is -8.43. The van der Waals surface area contributed by atoms with E-state index in [-0.39, 0.29) is 38.3 Å². The van der Waals surface area contributed by atoms with Crippen molar-refractivity contribution < 1.29 is 32.1 Å². The van der Waals surface area contributed by atoms with E-state index in [1.165, 1.54) is 31.0 Å². The minimum absolute atomic E-state index is 0.0525. The monoisotopic (exact) mass is 1140 g/mol. The van der Waals surface area contributed by atoms with Gasteiger partial charge >= 0.3 is 10.1 Å². The van der Waals surface area contributed by atoms with Crippen LogP contribution in [0, 0.1) is 0 Å². The van der Waals surface area contributed by atoms with Gasteiger partial charge in [-0.05, 0) is 120 Å². The Kier molecular flexibility index (Phi) is 20.1. The van der Waals surface area contributed by atoms with Gasteiger partial charge in [0, 0.05) is 55.1 Å². The number of carbonyl (C=O) groups excluding carboxylic acids is 4. The second-order valence-corrected chi connectivity index (χ2v) is 21.3. The molecule has 3 heterocycles. The van der Waals surface area contributed by atoms with Crippen LogP contribution in [0.1, 0.15) is 58.2 Å². The molecule has 3 aromatic heterocycles. The van der Waals surface area contributed by atoms with Crippen LogP contribution in [-0.4, -0.2) is 93.2 Å². The Morgan fingerprint density at radius 2 is 1.10 bits per heavy atom. The molecule has 0 bridgehead atoms. The molecule has 0 saturated heterocycles. The first-order chi connectivity index (χ1) is 38.0. The molecule has 408 valence electrons. The van der Waals surface area contributed by atoms with Gasteiger partial charge in [-0.25, -0.2) is 9.97 Å². The quantitative estimate of drug-likeness (QED) is 0.00887. The van der Waals surface area contributed by atoms with Gasteiger partial charge in [0.25, 0.3) is 11.8 Å². The number of hydrogen-bond acceptors (Lipinski definition) is 22. The minimum Gasteiger partial charge on any atom is -0.372 e. The Bertz CT molecular complexity index is 3580. The summed E-state index contributed by atoms with van der Waals surface area (Å²) in [5.74, 6) is -1.55. The third kappa shape index (κ3) is 15.8. The van der Waals surface area contributed by atoms with Crippen molar-refractivity contribution in [2.75, 3.05) is 63.0 Å². The Labute approximate surface area is 468 Å². The Morgan fingerprint density at radius 1 is 0.620 bits per heavy atom. The third-order valence-corrected chi connectivity index (χ3v) is 14.7. The summed E-state index contributed by atoms with van der Waals surface area (Å²) >= 11 is 3.20. The maximum Gasteiger partial charge on any atom is 0.313 e. The smallest absolute Gasteiger partial charge is 0.313 e. The molecule has 0 atom stereocenters. The van der Waals surface area contributed by atoms with Crippen LogP contribution in [0.15, 0.2) is 145 Å². The molecule has 26 heteroatoms. The molecule has 4 aromatic carbocycles. The highest BCUT2D eigenvalue weighted by Gasteiger charge is 2.25. The number of ketones is 2. The zero-order valence-corrected chi connectivity index (χ0v) is 47.2. The van der Waals surface area contributed by atoms with Crippen molar-refractivity contribution in [3.8, 4) is 0 Å². The summed E-state index contributed by atoms with van der Waals surface area (Å²) in [7, 11) is -4.98. The van der Waals surface area contributed by atoms with E-state index in [9.17, 15) is 32.1 Å². The molecule has 0 fully saturated rings. The molecule has 79 heavy (non-hydrogen) atoms. The van der Waals surface area contributed by atoms with Crippen molar-refractivity contribution in [3.63, 3.8) is 0 Å². The second-order valence-electron chi connectivity index (χ2n) is 16.7. The van der Waals surface area contributed by atoms with E-state index in [2.05, 4.69) is 61.5 Å². The molecular weight excluding hydrogens is 1090 g/mol. The molecule has 5 N–H and O–H groups in total. The fourth-order valence-electron chi connectivity index (χ4n) is 7.47. The van der Waals surface area contributed by atoms with Gasteiger partial charge in [0.05, 0.1) is 32.3 Å². The molecular formula is C53H55N15O7S4. The van der Waals surface area contributed by atoms with Gasteiger partial charge in [-0.3, -0.25) is 23.7 Å². The fourth-order valence-corrected chi connectivity index (χ4v) is 10.5. The number of hydrogen-bond donors (Lipinski definition) is 5. The van der Waals surface area contributed by atoms with Crippen LogP contribution in [0.25, 0.3) is 12.2 Å². The fraction of sp³-hybridized carbons (Fsp3) is 0.226. The SMILES string of the molecule is CCSc1nc(Nc2cc(N(CC)CC)ccc2/N=N/c2ncc(/C=C(\C(C)=O)C(=O)Nc3ccccc3)s2)nc(Nc2cc(N(CC)CC)ccc2/N=N/c2nc(S(=O)(=O)O)c(/C=C(/C(C)=O)C(=O)Nc3ccccc3)s2)n1. The summed E-state index contributed by atoms with van der Waals surface area (Å²) in [5, 5.41) is 29.3. The van der Waals surface area contributed by atoms with Gasteiger partial charge in [0.1, 0.15) is 11.4 Å². The van der Waals surface area contributed by atoms with E-state index in [0.717, 1.165) is 48.8 Å². The molecule has 0 saturated carbocycles. The topological polar surface area (TPSA) is 291 Å². The lowest BCUT2D eigenvalue weighted by Gasteiger charge is -2.22. The van der Waals surface area contributed by atoms with Crippen molar-refractivity contribution in [3.05, 3.63) is 124 Å². The lowest BCUT2D eigenvalue weighted by molar-refractivity contribution is -0.120. The zero-order chi connectivity index (χ0) is 56.6. The Morgan fingerprint density at radius 3 is 1.56 bits per heavy atom. The third-order valence-electron chi connectivity index (χ3n) is 11.3. The summed E-state index contributed by atoms with van der Waals surface area (Å²) < 4.78 is 35.4. The number of carbonyl (C=O) groups is 4. The number of anilines is 8. The molecule has 0 aliphatic rings. The van der Waals surface area contributed by atoms with E-state index >= 15 is 0 Å². The van der Waals surface area contributed by atoms with E-state index in [0.29, 0.717) is 68.6 Å². The van der Waals surface area contributed by atoms with Gasteiger partial charge in [-0.1, -0.05) is 77.8 Å². The lowest BCUT2D eigenvalue weighted by atomic mass is 10.1. The number of azo groups is 2. The van der Waals surface area contributed by atoms with Crippen molar-refractivity contribution in [2.24, 2.45) is 20.5 Å². The van der Waals surface area contributed by atoms with E-state index in [1.807, 2.05) is 65.0 Å². The average molecular weight is 1140 g/mol. The number of thioether (sulfide) groups is 1. The van der Waals surface area contributed by atoms with Crippen molar-refractivity contribution in [1.82, 2.24) is 24.9 Å². The lowest BCUT2D eigenvalue weighted by Crippen LogP contribution is -2.21. The van der Waals surface area contributed by atoms with Crippen molar-refractivity contribution >= 4 is 148 Å². The number of nitrogens with zero attached hydrogens (tertiary/aromatic N) is 11. The van der Waals surface area contributed by atoms with Crippen molar-refractivity contribution in [2.45, 2.75) is 58.6 Å². The summed E-state index contributed by atoms with van der Waals surface area (Å²) in [6.45, 7) is 15.4. The van der Waals surface area contributed by atoms with Crippen LogP contribution in [0.5, 0.6) is 0 Å². The number of aromatic nitrogens is 5. The number of para-hydroxylation sites is 2. The number of thiazole rings is 2. The first kappa shape index (κ1) is 58.3. The summed E-state index contributed by atoms with van der Waals surface area (Å²) in [6, 6.07) is 28.2. The molecule has 0 aliphatic heterocycles. The second kappa shape index (κ2) is 27.2. The molecule has 7 aromatic rings. The van der Waals surface area contributed by atoms with Gasteiger partial charge in [-0.15, -0.1) is 20.5 Å². The van der Waals surface area contributed by atoms with Gasteiger partial charge in [0.2, 0.25) is 27.2 Å². The average Bonchev–Trinajstić information content (AvgIpc) is 4.17. The highest BCUT2D eigenvalue weighted by molar-refractivity contribution is 7.99. The molecule has 0 spiro atoms. The molecule has 7 rings (SSSR count). The van der Waals surface area contributed by atoms with Crippen LogP contribution >= 0.6 is 34.4 Å². The van der Waals surface area contributed by atoms with E-state index in [4.69, 9.17) is 15.0 Å². The maximum absolute atomic E-state index is 13.2. The summed E-state index contributed by atoms with van der Waals surface area (Å²) in [5.41, 5.74) is 3.77. The summed E-state index contributed by atoms with van der Waals surface area (Å²) in [4.78, 5) is 78.8. The van der Waals surface area contributed by atoms with E-state index < -0.39 is 44.1 Å². The van der Waals surface area contributed by atoms with Gasteiger partial charge < -0.3 is 31.1 Å². The number of amides is 2. The molecule has 22 nitrogen and oxygen atoms in total. The van der Waals surface area contributed by atoms with Gasteiger partial charge in [0.15, 0.2) is 16.7 Å². The highest BCUT2D eigenvalue weighted by Crippen LogP contribution is 2.38. The molecule has 2 amide bonds. The van der Waals surface area contributed by atoms with E-state index in [1.54, 1.807) is 66.7 Å². The van der Waals surface area contributed by atoms with Crippen molar-refractivity contribution in [1.29, 1.82) is 0 Å². The van der Waals surface area contributed by atoms with Crippen LogP contribution in [-0.2, 0) is 29.3 Å². The van der Waals surface area contributed by atoms with Crippen LogP contribution in [0.3, 0.4) is 0 Å². The predicted molar refractivity (Wildman–Crippen MR) is 313 cm³/mol.